The van der Waals surface area contributed by atoms with Crippen molar-refractivity contribution in [3.63, 3.8) is 0 Å². The Hall–Kier alpha value is -2.04. The average molecular weight is 192 g/mol. The van der Waals surface area contributed by atoms with Gasteiger partial charge in [0.15, 0.2) is 6.61 Å². The van der Waals surface area contributed by atoms with Crippen LogP contribution in [0.15, 0.2) is 41.4 Å². The van der Waals surface area contributed by atoms with E-state index in [9.17, 15) is 4.79 Å². The molecule has 0 aliphatic rings. The summed E-state index contributed by atoms with van der Waals surface area (Å²) in [4.78, 5) is 15.1. The van der Waals surface area contributed by atoms with E-state index in [4.69, 9.17) is 9.15 Å². The minimum atomic E-state index is -0.173. The summed E-state index contributed by atoms with van der Waals surface area (Å²) in [5, 5.41) is 0. The van der Waals surface area contributed by atoms with Gasteiger partial charge in [-0.2, -0.15) is 4.98 Å². The van der Waals surface area contributed by atoms with Crippen molar-refractivity contribution in [2.75, 3.05) is 6.61 Å². The van der Waals surface area contributed by atoms with E-state index in [0.29, 0.717) is 0 Å². The molecule has 0 saturated carbocycles. The molecule has 0 atom stereocenters. The van der Waals surface area contributed by atoms with Gasteiger partial charge in [-0.05, 0) is 12.1 Å². The Morgan fingerprint density at radius 2 is 2.29 bits per heavy atom. The van der Waals surface area contributed by atoms with Gasteiger partial charge in [-0.25, -0.2) is 0 Å². The zero-order valence-corrected chi connectivity index (χ0v) is 7.29. The van der Waals surface area contributed by atoms with Gasteiger partial charge < -0.3 is 9.15 Å². The molecule has 2 heterocycles. The van der Waals surface area contributed by atoms with Gasteiger partial charge in [0.25, 0.3) is 5.91 Å². The molecule has 2 aromatic rings. The van der Waals surface area contributed by atoms with E-state index in [2.05, 4.69) is 4.98 Å². The molecule has 5 heteroatoms. The number of hydrogen-bond acceptors (Lipinski definition) is 4. The Kier molecular flexibility index (Phi) is 2.31. The molecule has 0 aliphatic heterocycles. The number of hydrogen-bond donors (Lipinski definition) is 0. The second-order valence-electron chi connectivity index (χ2n) is 2.57. The van der Waals surface area contributed by atoms with Crippen LogP contribution in [0.5, 0.6) is 6.08 Å². The van der Waals surface area contributed by atoms with Gasteiger partial charge in [-0.15, -0.1) is 0 Å². The van der Waals surface area contributed by atoms with E-state index >= 15 is 0 Å². The van der Waals surface area contributed by atoms with Crippen molar-refractivity contribution in [1.29, 1.82) is 0 Å². The molecule has 0 aromatic carbocycles. The average Bonchev–Trinajstić information content (AvgIpc) is 2.87. The molecular formula is C9H8N2O3. The van der Waals surface area contributed by atoms with Gasteiger partial charge in [0.05, 0.1) is 6.20 Å². The predicted molar refractivity (Wildman–Crippen MR) is 47.1 cm³/mol. The molecule has 0 N–H and O–H groups in total. The summed E-state index contributed by atoms with van der Waals surface area (Å²) in [6.07, 6.45) is 6.25. The smallest absolute Gasteiger partial charge is 0.393 e. The number of aromatic nitrogens is 2. The van der Waals surface area contributed by atoms with Crippen molar-refractivity contribution in [3.05, 3.63) is 37.0 Å². The molecule has 2 rings (SSSR count). The maximum Gasteiger partial charge on any atom is 0.393 e. The molecule has 2 aromatic heterocycles. The van der Waals surface area contributed by atoms with Crippen LogP contribution in [-0.4, -0.2) is 22.1 Å². The number of rotatable bonds is 3. The van der Waals surface area contributed by atoms with Crippen molar-refractivity contribution in [1.82, 2.24) is 9.55 Å². The number of oxazole rings is 1. The summed E-state index contributed by atoms with van der Waals surface area (Å²) in [5.41, 5.74) is 0. The van der Waals surface area contributed by atoms with Gasteiger partial charge >= 0.3 is 6.08 Å². The van der Waals surface area contributed by atoms with Crippen LogP contribution in [0.1, 0.15) is 4.79 Å². The Morgan fingerprint density at radius 3 is 2.93 bits per heavy atom. The van der Waals surface area contributed by atoms with E-state index in [0.717, 1.165) is 0 Å². The third-order valence-corrected chi connectivity index (χ3v) is 1.62. The number of carbonyl (C=O) groups is 1. The Balaban J connectivity index is 1.90. The summed E-state index contributed by atoms with van der Waals surface area (Å²) < 4.78 is 11.2. The van der Waals surface area contributed by atoms with E-state index in [-0.39, 0.29) is 18.6 Å². The maximum absolute atomic E-state index is 11.4. The van der Waals surface area contributed by atoms with Gasteiger partial charge in [-0.1, -0.05) is 0 Å². The highest BCUT2D eigenvalue weighted by molar-refractivity contribution is 5.80. The number of carbonyl (C=O) groups excluding carboxylic acids is 1. The highest BCUT2D eigenvalue weighted by atomic mass is 16.6. The van der Waals surface area contributed by atoms with Gasteiger partial charge in [0.2, 0.25) is 0 Å². The lowest BCUT2D eigenvalue weighted by Gasteiger charge is -2.00. The minimum absolute atomic E-state index is 0.0881. The first-order valence-corrected chi connectivity index (χ1v) is 4.05. The molecule has 0 bridgehead atoms. The summed E-state index contributed by atoms with van der Waals surface area (Å²) in [6.45, 7) is -0.0881. The first kappa shape index (κ1) is 8.55. The molecule has 0 aliphatic carbocycles. The lowest BCUT2D eigenvalue weighted by Crippen LogP contribution is -2.17. The van der Waals surface area contributed by atoms with Crippen LogP contribution in [-0.2, 0) is 0 Å². The predicted octanol–water partition coefficient (Wildman–Crippen LogP) is 1.20. The highest BCUT2D eigenvalue weighted by Crippen LogP contribution is 2.04. The van der Waals surface area contributed by atoms with Crippen LogP contribution in [0.2, 0.25) is 0 Å². The van der Waals surface area contributed by atoms with Crippen LogP contribution in [0.3, 0.4) is 0 Å². The number of nitrogens with zero attached hydrogens (tertiary/aromatic N) is 2. The Labute approximate surface area is 79.9 Å². The van der Waals surface area contributed by atoms with Crippen molar-refractivity contribution >= 4 is 5.91 Å². The normalized spacial score (nSPS) is 10.0. The maximum atomic E-state index is 11.4. The topological polar surface area (TPSA) is 57.3 Å². The van der Waals surface area contributed by atoms with E-state index in [1.54, 1.807) is 24.5 Å². The lowest BCUT2D eigenvalue weighted by molar-refractivity contribution is 0.0810. The SMILES string of the molecule is O=C(COc1ncco1)n1cccc1. The second-order valence-corrected chi connectivity index (χ2v) is 2.57. The van der Waals surface area contributed by atoms with Crippen LogP contribution >= 0.6 is 0 Å². The Morgan fingerprint density at radius 1 is 1.50 bits per heavy atom. The standard InChI is InChI=1S/C9H8N2O3/c12-8(11-4-1-2-5-11)7-14-9-10-3-6-13-9/h1-6H,7H2. The lowest BCUT2D eigenvalue weighted by atomic mass is 10.6. The first-order valence-electron chi connectivity index (χ1n) is 4.05. The van der Waals surface area contributed by atoms with Crippen LogP contribution in [0, 0.1) is 0 Å². The van der Waals surface area contributed by atoms with Gasteiger partial charge in [0, 0.05) is 12.4 Å². The van der Waals surface area contributed by atoms with Crippen LogP contribution < -0.4 is 4.74 Å². The summed E-state index contributed by atoms with van der Waals surface area (Å²) in [6, 6.07) is 3.53. The molecule has 72 valence electrons. The first-order chi connectivity index (χ1) is 6.86. The summed E-state index contributed by atoms with van der Waals surface area (Å²) in [7, 11) is 0. The molecule has 0 amide bonds. The quantitative estimate of drug-likeness (QED) is 0.733. The zero-order valence-electron chi connectivity index (χ0n) is 7.29. The van der Waals surface area contributed by atoms with Crippen molar-refractivity contribution in [2.45, 2.75) is 0 Å². The van der Waals surface area contributed by atoms with Crippen molar-refractivity contribution < 1.29 is 13.9 Å². The third-order valence-electron chi connectivity index (χ3n) is 1.62. The zero-order chi connectivity index (χ0) is 9.80. The molecule has 14 heavy (non-hydrogen) atoms. The van der Waals surface area contributed by atoms with E-state index in [1.165, 1.54) is 17.0 Å². The van der Waals surface area contributed by atoms with Gasteiger partial charge in [0.1, 0.15) is 6.26 Å². The van der Waals surface area contributed by atoms with Crippen LogP contribution in [0.25, 0.3) is 0 Å². The van der Waals surface area contributed by atoms with E-state index < -0.39 is 0 Å². The minimum Gasteiger partial charge on any atom is -0.440 e. The fourth-order valence-corrected chi connectivity index (χ4v) is 0.980. The summed E-state index contributed by atoms with van der Waals surface area (Å²) >= 11 is 0. The largest absolute Gasteiger partial charge is 0.440 e. The highest BCUT2D eigenvalue weighted by Gasteiger charge is 2.05. The fraction of sp³-hybridized carbons (Fsp3) is 0.111. The van der Waals surface area contributed by atoms with Crippen molar-refractivity contribution in [3.8, 4) is 6.08 Å². The van der Waals surface area contributed by atoms with E-state index in [1.807, 2.05) is 0 Å². The molecule has 0 fully saturated rings. The summed E-state index contributed by atoms with van der Waals surface area (Å²) in [5.74, 6) is -0.173. The van der Waals surface area contributed by atoms with Crippen LogP contribution in [0.4, 0.5) is 0 Å². The van der Waals surface area contributed by atoms with Crippen molar-refractivity contribution in [2.24, 2.45) is 0 Å². The molecule has 0 saturated heterocycles. The monoisotopic (exact) mass is 192 g/mol. The second kappa shape index (κ2) is 3.78. The number of ether oxygens (including phenoxy) is 1. The molecular weight excluding hydrogens is 184 g/mol. The molecule has 0 unspecified atom stereocenters. The van der Waals surface area contributed by atoms with Gasteiger partial charge in [-0.3, -0.25) is 9.36 Å². The fourth-order valence-electron chi connectivity index (χ4n) is 0.980. The molecule has 0 radical (unpaired) electrons. The molecule has 5 nitrogen and oxygen atoms in total. The Bertz CT molecular complexity index is 392. The molecule has 0 spiro atoms. The third kappa shape index (κ3) is 1.82.